The lowest BCUT2D eigenvalue weighted by molar-refractivity contribution is 1.15. The lowest BCUT2D eigenvalue weighted by Gasteiger charge is -2.07. The number of nitrogens with one attached hydrogen (secondary N) is 1. The molecule has 0 spiro atoms. The third-order valence-electron chi connectivity index (χ3n) is 2.90. The summed E-state index contributed by atoms with van der Waals surface area (Å²) in [5.74, 6) is 0.607. The Bertz CT molecular complexity index is 804. The first-order chi connectivity index (χ1) is 9.76. The second-order valence-electron chi connectivity index (χ2n) is 4.25. The minimum atomic E-state index is 0.548. The molecule has 20 heavy (non-hydrogen) atoms. The van der Waals surface area contributed by atoms with Crippen LogP contribution in [0.25, 0.3) is 10.9 Å². The average molecular weight is 300 g/mol. The summed E-state index contributed by atoms with van der Waals surface area (Å²) >= 11 is 7.42. The van der Waals surface area contributed by atoms with Crippen molar-refractivity contribution >= 4 is 39.7 Å². The van der Waals surface area contributed by atoms with Crippen molar-refractivity contribution in [2.24, 2.45) is 0 Å². The molecule has 0 saturated carbocycles. The maximum Gasteiger partial charge on any atom is 0.144 e. The number of benzene rings is 1. The van der Waals surface area contributed by atoms with Gasteiger partial charge in [-0.2, -0.15) is 5.26 Å². The van der Waals surface area contributed by atoms with Crippen molar-refractivity contribution in [1.29, 1.82) is 5.26 Å². The molecule has 0 unspecified atom stereocenters. The fourth-order valence-electron chi connectivity index (χ4n) is 1.95. The Morgan fingerprint density at radius 1 is 1.25 bits per heavy atom. The Balaban J connectivity index is 1.92. The first kappa shape index (κ1) is 12.9. The zero-order valence-corrected chi connectivity index (χ0v) is 12.0. The number of halogens is 1. The van der Waals surface area contributed by atoms with Crippen LogP contribution < -0.4 is 5.32 Å². The van der Waals surface area contributed by atoms with E-state index in [4.69, 9.17) is 11.6 Å². The summed E-state index contributed by atoms with van der Waals surface area (Å²) in [6.07, 6.45) is 0. The molecule has 0 aliphatic rings. The Morgan fingerprint density at radius 3 is 2.85 bits per heavy atom. The first-order valence-electron chi connectivity index (χ1n) is 6.04. The summed E-state index contributed by atoms with van der Waals surface area (Å²) in [7, 11) is 0. The van der Waals surface area contributed by atoms with Crippen LogP contribution >= 0.6 is 22.9 Å². The van der Waals surface area contributed by atoms with Gasteiger partial charge in [0.2, 0.25) is 0 Å². The fourth-order valence-corrected chi connectivity index (χ4v) is 2.98. The summed E-state index contributed by atoms with van der Waals surface area (Å²) in [6.45, 7) is 0.609. The number of nitrogens with zero attached hydrogens (tertiary/aromatic N) is 2. The predicted molar refractivity (Wildman–Crippen MR) is 83.1 cm³/mol. The Hall–Kier alpha value is -2.09. The van der Waals surface area contributed by atoms with Gasteiger partial charge in [0.1, 0.15) is 11.9 Å². The van der Waals surface area contributed by atoms with Crippen LogP contribution in [0, 0.1) is 11.3 Å². The molecule has 1 aromatic carbocycles. The van der Waals surface area contributed by atoms with Gasteiger partial charge in [-0.1, -0.05) is 29.8 Å². The van der Waals surface area contributed by atoms with Gasteiger partial charge in [-0.3, -0.25) is 0 Å². The smallest absolute Gasteiger partial charge is 0.144 e. The predicted octanol–water partition coefficient (Wildman–Crippen LogP) is 4.43. The number of para-hydroxylation sites is 1. The van der Waals surface area contributed by atoms with Crippen LogP contribution in [0.4, 0.5) is 5.82 Å². The molecule has 5 heteroatoms. The number of thiophene rings is 1. The second-order valence-corrected chi connectivity index (χ2v) is 6.05. The number of anilines is 1. The van der Waals surface area contributed by atoms with E-state index >= 15 is 0 Å². The van der Waals surface area contributed by atoms with Crippen LogP contribution in [-0.2, 0) is 6.54 Å². The maximum atomic E-state index is 9.23. The summed E-state index contributed by atoms with van der Waals surface area (Å²) in [5, 5.41) is 13.4. The monoisotopic (exact) mass is 299 g/mol. The van der Waals surface area contributed by atoms with Crippen LogP contribution in [0.15, 0.2) is 42.5 Å². The van der Waals surface area contributed by atoms with Gasteiger partial charge in [0.25, 0.3) is 0 Å². The molecule has 0 saturated heterocycles. The minimum Gasteiger partial charge on any atom is -0.364 e. The van der Waals surface area contributed by atoms with Crippen LogP contribution in [0.2, 0.25) is 4.34 Å². The zero-order valence-electron chi connectivity index (χ0n) is 10.4. The van der Waals surface area contributed by atoms with Gasteiger partial charge in [-0.25, -0.2) is 4.98 Å². The van der Waals surface area contributed by atoms with E-state index in [1.165, 1.54) is 11.3 Å². The van der Waals surface area contributed by atoms with Gasteiger partial charge in [-0.15, -0.1) is 11.3 Å². The molecule has 0 amide bonds. The van der Waals surface area contributed by atoms with Crippen molar-refractivity contribution in [3.8, 4) is 6.07 Å². The SMILES string of the molecule is N#Cc1cc2ccccc2nc1NCc1ccc(Cl)s1. The molecule has 3 rings (SSSR count). The van der Waals surface area contributed by atoms with Crippen LogP contribution in [-0.4, -0.2) is 4.98 Å². The van der Waals surface area contributed by atoms with Crippen molar-refractivity contribution in [3.05, 3.63) is 57.2 Å². The van der Waals surface area contributed by atoms with E-state index in [2.05, 4.69) is 16.4 Å². The van der Waals surface area contributed by atoms with Crippen molar-refractivity contribution in [2.45, 2.75) is 6.54 Å². The van der Waals surface area contributed by atoms with E-state index < -0.39 is 0 Å². The quantitative estimate of drug-likeness (QED) is 0.778. The molecule has 0 radical (unpaired) electrons. The molecule has 0 atom stereocenters. The third kappa shape index (κ3) is 2.60. The topological polar surface area (TPSA) is 48.7 Å². The molecule has 0 aliphatic carbocycles. The van der Waals surface area contributed by atoms with E-state index in [1.807, 2.05) is 42.5 Å². The Labute approximate surface area is 125 Å². The molecule has 2 heterocycles. The Morgan fingerprint density at radius 2 is 2.10 bits per heavy atom. The summed E-state index contributed by atoms with van der Waals surface area (Å²) in [5.41, 5.74) is 1.42. The van der Waals surface area contributed by atoms with Gasteiger partial charge in [0, 0.05) is 10.3 Å². The molecule has 1 N–H and O–H groups in total. The molecule has 0 aliphatic heterocycles. The van der Waals surface area contributed by atoms with Crippen LogP contribution in [0.5, 0.6) is 0 Å². The maximum absolute atomic E-state index is 9.23. The van der Waals surface area contributed by atoms with E-state index in [0.717, 1.165) is 20.1 Å². The molecule has 2 aromatic heterocycles. The highest BCUT2D eigenvalue weighted by molar-refractivity contribution is 7.16. The van der Waals surface area contributed by atoms with E-state index in [0.29, 0.717) is 17.9 Å². The summed E-state index contributed by atoms with van der Waals surface area (Å²) in [4.78, 5) is 5.61. The largest absolute Gasteiger partial charge is 0.364 e. The van der Waals surface area contributed by atoms with Gasteiger partial charge in [-0.05, 0) is 24.3 Å². The summed E-state index contributed by atoms with van der Waals surface area (Å²) < 4.78 is 0.758. The number of pyridine rings is 1. The lowest BCUT2D eigenvalue weighted by atomic mass is 10.1. The van der Waals surface area contributed by atoms with Gasteiger partial charge in [0.05, 0.1) is 22.0 Å². The highest BCUT2D eigenvalue weighted by atomic mass is 35.5. The molecule has 3 aromatic rings. The van der Waals surface area contributed by atoms with Crippen molar-refractivity contribution in [3.63, 3.8) is 0 Å². The standard InChI is InChI=1S/C15H10ClN3S/c16-14-6-5-12(20-14)9-18-15-11(8-17)7-10-3-1-2-4-13(10)19-15/h1-7H,9H2,(H,18,19). The highest BCUT2D eigenvalue weighted by Crippen LogP contribution is 2.24. The van der Waals surface area contributed by atoms with E-state index in [-0.39, 0.29) is 0 Å². The van der Waals surface area contributed by atoms with Crippen LogP contribution in [0.3, 0.4) is 0 Å². The van der Waals surface area contributed by atoms with Crippen molar-refractivity contribution in [1.82, 2.24) is 4.98 Å². The second kappa shape index (κ2) is 5.49. The molecule has 3 nitrogen and oxygen atoms in total. The average Bonchev–Trinajstić information content (AvgIpc) is 2.89. The number of hydrogen-bond acceptors (Lipinski definition) is 4. The normalized spacial score (nSPS) is 10.4. The third-order valence-corrected chi connectivity index (χ3v) is 4.13. The lowest BCUT2D eigenvalue weighted by Crippen LogP contribution is -2.02. The number of nitriles is 1. The minimum absolute atomic E-state index is 0.548. The molecular weight excluding hydrogens is 290 g/mol. The first-order valence-corrected chi connectivity index (χ1v) is 7.24. The number of rotatable bonds is 3. The van der Waals surface area contributed by atoms with Crippen molar-refractivity contribution in [2.75, 3.05) is 5.32 Å². The number of hydrogen-bond donors (Lipinski definition) is 1. The zero-order chi connectivity index (χ0) is 13.9. The summed E-state index contributed by atoms with van der Waals surface area (Å²) in [6, 6.07) is 15.6. The fraction of sp³-hybridized carbons (Fsp3) is 0.0667. The van der Waals surface area contributed by atoms with Gasteiger partial charge >= 0.3 is 0 Å². The van der Waals surface area contributed by atoms with Crippen LogP contribution in [0.1, 0.15) is 10.4 Å². The Kier molecular flexibility index (Phi) is 3.55. The van der Waals surface area contributed by atoms with Gasteiger partial charge < -0.3 is 5.32 Å². The van der Waals surface area contributed by atoms with Crippen molar-refractivity contribution < 1.29 is 0 Å². The van der Waals surface area contributed by atoms with Gasteiger partial charge in [0.15, 0.2) is 0 Å². The van der Waals surface area contributed by atoms with E-state index in [9.17, 15) is 5.26 Å². The molecule has 98 valence electrons. The molecular formula is C15H10ClN3S. The molecule has 0 fully saturated rings. The molecule has 0 bridgehead atoms. The number of fused-ring (bicyclic) bond motifs is 1. The highest BCUT2D eigenvalue weighted by Gasteiger charge is 2.07. The van der Waals surface area contributed by atoms with E-state index in [1.54, 1.807) is 0 Å². The number of aromatic nitrogens is 1.